The Labute approximate surface area is 386 Å². The summed E-state index contributed by atoms with van der Waals surface area (Å²) in [6.07, 6.45) is 0. The minimum absolute atomic E-state index is 0.263. The van der Waals surface area contributed by atoms with Gasteiger partial charge in [0.05, 0.1) is 22.7 Å². The van der Waals surface area contributed by atoms with Crippen molar-refractivity contribution in [1.82, 2.24) is 0 Å². The van der Waals surface area contributed by atoms with Crippen LogP contribution in [-0.4, -0.2) is 0 Å². The molecular formula is C64H48N2. The second kappa shape index (κ2) is 14.3. The molecule has 0 spiro atoms. The van der Waals surface area contributed by atoms with E-state index in [4.69, 9.17) is 0 Å². The van der Waals surface area contributed by atoms with Crippen LogP contribution in [0.1, 0.15) is 49.9 Å². The molecule has 0 aliphatic heterocycles. The third-order valence-electron chi connectivity index (χ3n) is 14.9. The van der Waals surface area contributed by atoms with Crippen molar-refractivity contribution in [3.05, 3.63) is 241 Å². The van der Waals surface area contributed by atoms with Crippen LogP contribution in [-0.2, 0) is 10.8 Å². The number of hydrogen-bond acceptors (Lipinski definition) is 2. The predicted octanol–water partition coefficient (Wildman–Crippen LogP) is 17.9. The number of para-hydroxylation sites is 2. The molecule has 0 aromatic heterocycles. The van der Waals surface area contributed by atoms with Crippen molar-refractivity contribution in [1.29, 1.82) is 0 Å². The summed E-state index contributed by atoms with van der Waals surface area (Å²) in [5.41, 5.74) is 17.3. The van der Waals surface area contributed by atoms with E-state index < -0.39 is 0 Å². The van der Waals surface area contributed by atoms with Crippen molar-refractivity contribution in [3.63, 3.8) is 0 Å². The maximum atomic E-state index is 2.58. The van der Waals surface area contributed by atoms with Crippen molar-refractivity contribution in [3.8, 4) is 22.3 Å². The van der Waals surface area contributed by atoms with Crippen LogP contribution in [0, 0.1) is 0 Å². The molecule has 314 valence electrons. The van der Waals surface area contributed by atoms with E-state index in [1.807, 2.05) is 0 Å². The predicted molar refractivity (Wildman–Crippen MR) is 281 cm³/mol. The van der Waals surface area contributed by atoms with Gasteiger partial charge in [-0.05, 0) is 127 Å². The Hall–Kier alpha value is -7.94. The van der Waals surface area contributed by atoms with Gasteiger partial charge in [0, 0.05) is 43.7 Å². The highest BCUT2D eigenvalue weighted by atomic mass is 15.2. The molecule has 2 nitrogen and oxygen atoms in total. The van der Waals surface area contributed by atoms with Gasteiger partial charge in [0.15, 0.2) is 0 Å². The van der Waals surface area contributed by atoms with E-state index in [1.54, 1.807) is 0 Å². The molecule has 0 saturated carbocycles. The number of anilines is 6. The smallest absolute Gasteiger partial charge is 0.0546 e. The topological polar surface area (TPSA) is 6.48 Å². The molecule has 0 saturated heterocycles. The lowest BCUT2D eigenvalue weighted by Gasteiger charge is -2.30. The van der Waals surface area contributed by atoms with Crippen LogP contribution in [0.15, 0.2) is 218 Å². The first-order valence-corrected chi connectivity index (χ1v) is 23.3. The van der Waals surface area contributed by atoms with E-state index in [-0.39, 0.29) is 10.8 Å². The molecule has 0 heterocycles. The van der Waals surface area contributed by atoms with Crippen molar-refractivity contribution < 1.29 is 0 Å². The van der Waals surface area contributed by atoms with Crippen LogP contribution >= 0.6 is 0 Å². The minimum Gasteiger partial charge on any atom is -0.309 e. The highest BCUT2D eigenvalue weighted by Crippen LogP contribution is 2.61. The fourth-order valence-electron chi connectivity index (χ4n) is 12.0. The Balaban J connectivity index is 1.07. The quantitative estimate of drug-likeness (QED) is 0.165. The molecular weight excluding hydrogens is 797 g/mol. The summed E-state index contributed by atoms with van der Waals surface area (Å²) in [6, 6.07) is 81.1. The number of nitrogens with zero attached hydrogens (tertiary/aromatic N) is 2. The number of rotatable bonds is 6. The molecule has 0 amide bonds. The highest BCUT2D eigenvalue weighted by molar-refractivity contribution is 6.12. The van der Waals surface area contributed by atoms with E-state index in [0.717, 1.165) is 11.4 Å². The maximum absolute atomic E-state index is 2.58. The lowest BCUT2D eigenvalue weighted by molar-refractivity contribution is 0.657. The molecule has 11 aromatic carbocycles. The molecule has 0 unspecified atom stereocenters. The first kappa shape index (κ1) is 38.5. The van der Waals surface area contributed by atoms with Crippen LogP contribution < -0.4 is 9.80 Å². The molecule has 13 rings (SSSR count). The van der Waals surface area contributed by atoms with E-state index in [9.17, 15) is 0 Å². The molecule has 11 aromatic rings. The van der Waals surface area contributed by atoms with Gasteiger partial charge in [-0.2, -0.15) is 0 Å². The first-order chi connectivity index (χ1) is 32.3. The van der Waals surface area contributed by atoms with Crippen molar-refractivity contribution in [2.24, 2.45) is 0 Å². The van der Waals surface area contributed by atoms with Gasteiger partial charge in [-0.3, -0.25) is 0 Å². The average Bonchev–Trinajstić information content (AvgIpc) is 3.73. The fourth-order valence-corrected chi connectivity index (χ4v) is 12.0. The van der Waals surface area contributed by atoms with Gasteiger partial charge in [-0.15, -0.1) is 0 Å². The van der Waals surface area contributed by atoms with E-state index >= 15 is 0 Å². The van der Waals surface area contributed by atoms with Gasteiger partial charge < -0.3 is 9.80 Å². The second-order valence-electron chi connectivity index (χ2n) is 19.3. The van der Waals surface area contributed by atoms with Crippen molar-refractivity contribution >= 4 is 77.2 Å². The van der Waals surface area contributed by atoms with E-state index in [2.05, 4.69) is 256 Å². The Morgan fingerprint density at radius 2 is 0.606 bits per heavy atom. The molecule has 2 aliphatic rings. The van der Waals surface area contributed by atoms with Crippen LogP contribution in [0.3, 0.4) is 0 Å². The van der Waals surface area contributed by atoms with Crippen molar-refractivity contribution in [2.75, 3.05) is 9.80 Å². The summed E-state index contributed by atoms with van der Waals surface area (Å²) in [6.45, 7) is 9.78. The average molecular weight is 845 g/mol. The lowest BCUT2D eigenvalue weighted by atomic mass is 9.78. The summed E-state index contributed by atoms with van der Waals surface area (Å²) >= 11 is 0. The fraction of sp³-hybridized carbons (Fsp3) is 0.0938. The monoisotopic (exact) mass is 844 g/mol. The maximum Gasteiger partial charge on any atom is 0.0546 e. The summed E-state index contributed by atoms with van der Waals surface area (Å²) < 4.78 is 0. The highest BCUT2D eigenvalue weighted by Gasteiger charge is 2.44. The minimum atomic E-state index is -0.263. The zero-order valence-corrected chi connectivity index (χ0v) is 37.7. The summed E-state index contributed by atoms with van der Waals surface area (Å²) in [5.74, 6) is 0. The van der Waals surface area contributed by atoms with Crippen LogP contribution in [0.5, 0.6) is 0 Å². The van der Waals surface area contributed by atoms with Gasteiger partial charge >= 0.3 is 0 Å². The Kier molecular flexibility index (Phi) is 8.33. The van der Waals surface area contributed by atoms with E-state index in [0.29, 0.717) is 0 Å². The Morgan fingerprint density at radius 1 is 0.273 bits per heavy atom. The molecule has 0 atom stereocenters. The molecule has 0 fully saturated rings. The number of fused-ring (bicyclic) bond motifs is 12. The normalized spacial score (nSPS) is 14.0. The molecule has 0 bridgehead atoms. The summed E-state index contributed by atoms with van der Waals surface area (Å²) in [7, 11) is 0. The molecule has 66 heavy (non-hydrogen) atoms. The second-order valence-corrected chi connectivity index (χ2v) is 19.3. The zero-order valence-electron chi connectivity index (χ0n) is 37.7. The SMILES string of the molecule is CC1(C)c2cc3c(cc2-c2cc(N(c4ccccc4)c4cccc5ccccc45)c4ccccc4c21)C(C)(C)c1c-3cc(N(c2ccccc2)c2cccc3ccccc23)c2ccccc12. The first-order valence-electron chi connectivity index (χ1n) is 23.3. The largest absolute Gasteiger partial charge is 0.309 e. The number of benzene rings is 11. The van der Waals surface area contributed by atoms with Crippen LogP contribution in [0.4, 0.5) is 34.1 Å². The molecule has 2 heteroatoms. The summed E-state index contributed by atoms with van der Waals surface area (Å²) in [5, 5.41) is 10.0. The van der Waals surface area contributed by atoms with E-state index in [1.165, 1.54) is 110 Å². The van der Waals surface area contributed by atoms with Gasteiger partial charge in [0.25, 0.3) is 0 Å². The molecule has 0 N–H and O–H groups in total. The Bertz CT molecular complexity index is 3510. The standard InChI is InChI=1S/C64H48N2/c1-63(2)55-37-52-54-40-60(66(44-27-9-6-10-28-44)58-36-20-24-42-22-12-14-30-46(42)58)48-32-16-18-34-50(48)62(54)64(3,4)56(52)38-51(55)53-39-59(47-31-15-17-33-49(47)61(53)63)65(43-25-7-5-8-26-43)57-35-19-23-41-21-11-13-29-45(41)57/h5-40H,1-4H3. The third-order valence-corrected chi connectivity index (χ3v) is 14.9. The lowest BCUT2D eigenvalue weighted by Crippen LogP contribution is -2.18. The summed E-state index contributed by atoms with van der Waals surface area (Å²) in [4.78, 5) is 4.98. The molecule has 0 radical (unpaired) electrons. The molecule has 2 aliphatic carbocycles. The van der Waals surface area contributed by atoms with Gasteiger partial charge in [0.2, 0.25) is 0 Å². The van der Waals surface area contributed by atoms with Gasteiger partial charge in [0.1, 0.15) is 0 Å². The third kappa shape index (κ3) is 5.48. The van der Waals surface area contributed by atoms with Crippen molar-refractivity contribution in [2.45, 2.75) is 38.5 Å². The van der Waals surface area contributed by atoms with Gasteiger partial charge in [-0.25, -0.2) is 0 Å². The van der Waals surface area contributed by atoms with Crippen LogP contribution in [0.25, 0.3) is 65.3 Å². The number of hydrogen-bond donors (Lipinski definition) is 0. The van der Waals surface area contributed by atoms with Gasteiger partial charge in [-0.1, -0.05) is 185 Å². The van der Waals surface area contributed by atoms with Crippen LogP contribution in [0.2, 0.25) is 0 Å². The zero-order chi connectivity index (χ0) is 44.3. The Morgan fingerprint density at radius 3 is 1.02 bits per heavy atom.